The summed E-state index contributed by atoms with van der Waals surface area (Å²) in [7, 11) is 0. The summed E-state index contributed by atoms with van der Waals surface area (Å²) >= 11 is 0. The molecule has 0 aliphatic carbocycles. The molecule has 1 saturated heterocycles. The van der Waals surface area contributed by atoms with Crippen molar-refractivity contribution in [2.24, 2.45) is 0 Å². The lowest BCUT2D eigenvalue weighted by molar-refractivity contribution is 0.0120. The van der Waals surface area contributed by atoms with E-state index in [2.05, 4.69) is 4.90 Å². The Morgan fingerprint density at radius 3 is 2.88 bits per heavy atom. The van der Waals surface area contributed by atoms with Crippen LogP contribution in [0.25, 0.3) is 0 Å². The van der Waals surface area contributed by atoms with Gasteiger partial charge in [-0.2, -0.15) is 0 Å². The number of benzene rings is 1. The third-order valence-corrected chi connectivity index (χ3v) is 3.24. The number of hydrogen-bond donors (Lipinski definition) is 1. The molecule has 1 aromatic rings. The van der Waals surface area contributed by atoms with Gasteiger partial charge in [-0.3, -0.25) is 4.90 Å². The van der Waals surface area contributed by atoms with Crippen molar-refractivity contribution in [3.63, 3.8) is 0 Å². The molecule has 1 unspecified atom stereocenters. The third-order valence-electron chi connectivity index (χ3n) is 3.24. The lowest BCUT2D eigenvalue weighted by Gasteiger charge is -2.31. The van der Waals surface area contributed by atoms with Gasteiger partial charge < -0.3 is 14.6 Å². The highest BCUT2D eigenvalue weighted by Gasteiger charge is 2.30. The number of hydrogen-bond acceptors (Lipinski definition) is 4. The first-order valence-corrected chi connectivity index (χ1v) is 5.62. The minimum Gasteiger partial charge on any atom is -0.508 e. The maximum Gasteiger partial charge on any atom is 0.127 e. The molecule has 0 aromatic heterocycles. The van der Waals surface area contributed by atoms with Crippen LogP contribution in [0, 0.1) is 0 Å². The van der Waals surface area contributed by atoms with E-state index in [0.29, 0.717) is 12.6 Å². The second-order valence-electron chi connectivity index (χ2n) is 4.20. The molecule has 0 radical (unpaired) electrons. The summed E-state index contributed by atoms with van der Waals surface area (Å²) < 4.78 is 10.9. The molecule has 2 aliphatic rings. The molecule has 1 atom stereocenters. The monoisotopic (exact) mass is 221 g/mol. The maximum absolute atomic E-state index is 9.38. The van der Waals surface area contributed by atoms with E-state index < -0.39 is 0 Å². The minimum absolute atomic E-state index is 0.265. The van der Waals surface area contributed by atoms with Crippen LogP contribution in [0.4, 0.5) is 0 Å². The number of fused-ring (bicyclic) bond motifs is 1. The maximum atomic E-state index is 9.38. The number of aromatic hydroxyl groups is 1. The average Bonchev–Trinajstić information content (AvgIpc) is 2.73. The van der Waals surface area contributed by atoms with E-state index in [1.165, 1.54) is 5.56 Å². The highest BCUT2D eigenvalue weighted by molar-refractivity contribution is 5.44. The van der Waals surface area contributed by atoms with Crippen LogP contribution in [0.2, 0.25) is 0 Å². The molecule has 86 valence electrons. The van der Waals surface area contributed by atoms with Gasteiger partial charge in [-0.15, -0.1) is 0 Å². The summed E-state index contributed by atoms with van der Waals surface area (Å²) in [5, 5.41) is 9.38. The molecule has 0 amide bonds. The number of nitrogens with zero attached hydrogens (tertiary/aromatic N) is 1. The Kier molecular flexibility index (Phi) is 2.46. The van der Waals surface area contributed by atoms with Gasteiger partial charge in [0.15, 0.2) is 0 Å². The fraction of sp³-hybridized carbons (Fsp3) is 0.500. The number of phenols is 1. The van der Waals surface area contributed by atoms with Crippen LogP contribution < -0.4 is 4.74 Å². The summed E-state index contributed by atoms with van der Waals surface area (Å²) in [6.45, 7) is 4.18. The van der Waals surface area contributed by atoms with Crippen molar-refractivity contribution in [2.75, 3.05) is 32.9 Å². The van der Waals surface area contributed by atoms with Gasteiger partial charge in [0.05, 0.1) is 19.3 Å². The molecule has 0 spiro atoms. The SMILES string of the molecule is Oc1ccc2c(c1)OCC2N1CCOCC1. The van der Waals surface area contributed by atoms with Gasteiger partial charge >= 0.3 is 0 Å². The predicted octanol–water partition coefficient (Wildman–Crippen LogP) is 1.16. The van der Waals surface area contributed by atoms with Crippen molar-refractivity contribution in [1.29, 1.82) is 0 Å². The van der Waals surface area contributed by atoms with E-state index in [1.807, 2.05) is 6.07 Å². The smallest absolute Gasteiger partial charge is 0.127 e. The molecule has 1 fully saturated rings. The van der Waals surface area contributed by atoms with E-state index in [9.17, 15) is 5.11 Å². The molecule has 1 N–H and O–H groups in total. The normalized spacial score (nSPS) is 25.1. The molecule has 0 bridgehead atoms. The highest BCUT2D eigenvalue weighted by Crippen LogP contribution is 2.38. The first kappa shape index (κ1) is 9.93. The van der Waals surface area contributed by atoms with Gasteiger partial charge in [-0.25, -0.2) is 0 Å². The Labute approximate surface area is 94.4 Å². The molecule has 2 aliphatic heterocycles. The van der Waals surface area contributed by atoms with Crippen LogP contribution in [-0.2, 0) is 4.74 Å². The van der Waals surface area contributed by atoms with E-state index in [-0.39, 0.29) is 5.75 Å². The van der Waals surface area contributed by atoms with Gasteiger partial charge in [0.25, 0.3) is 0 Å². The summed E-state index contributed by atoms with van der Waals surface area (Å²) in [4.78, 5) is 2.38. The lowest BCUT2D eigenvalue weighted by Crippen LogP contribution is -2.39. The van der Waals surface area contributed by atoms with Crippen LogP contribution >= 0.6 is 0 Å². The zero-order valence-corrected chi connectivity index (χ0v) is 9.06. The van der Waals surface area contributed by atoms with Crippen molar-refractivity contribution >= 4 is 0 Å². The van der Waals surface area contributed by atoms with Crippen LogP contribution in [-0.4, -0.2) is 42.9 Å². The summed E-state index contributed by atoms with van der Waals surface area (Å²) in [6.07, 6.45) is 0. The largest absolute Gasteiger partial charge is 0.508 e. The van der Waals surface area contributed by atoms with Crippen LogP contribution in [0.15, 0.2) is 18.2 Å². The topological polar surface area (TPSA) is 41.9 Å². The number of ether oxygens (including phenoxy) is 2. The quantitative estimate of drug-likeness (QED) is 0.772. The Bertz CT molecular complexity index is 388. The summed E-state index contributed by atoms with van der Waals surface area (Å²) in [6, 6.07) is 5.69. The van der Waals surface area contributed by atoms with Crippen molar-refractivity contribution < 1.29 is 14.6 Å². The molecule has 3 rings (SSSR count). The Morgan fingerprint density at radius 1 is 1.25 bits per heavy atom. The van der Waals surface area contributed by atoms with Crippen LogP contribution in [0.3, 0.4) is 0 Å². The summed E-state index contributed by atoms with van der Waals surface area (Å²) in [5.74, 6) is 1.08. The van der Waals surface area contributed by atoms with Crippen molar-refractivity contribution in [3.8, 4) is 11.5 Å². The molecule has 1 aromatic carbocycles. The Hall–Kier alpha value is -1.26. The third kappa shape index (κ3) is 1.64. The van der Waals surface area contributed by atoms with E-state index >= 15 is 0 Å². The molecule has 2 heterocycles. The Balaban J connectivity index is 1.84. The van der Waals surface area contributed by atoms with E-state index in [4.69, 9.17) is 9.47 Å². The van der Waals surface area contributed by atoms with E-state index in [1.54, 1.807) is 12.1 Å². The standard InChI is InChI=1S/C12H15NO3/c14-9-1-2-10-11(8-16-12(10)7-9)13-3-5-15-6-4-13/h1-2,7,11,14H,3-6,8H2. The average molecular weight is 221 g/mol. The second kappa shape index (κ2) is 3.96. The number of rotatable bonds is 1. The van der Waals surface area contributed by atoms with E-state index in [0.717, 1.165) is 32.1 Å². The number of phenolic OH excluding ortho intramolecular Hbond substituents is 1. The molecule has 0 saturated carbocycles. The Morgan fingerprint density at radius 2 is 2.06 bits per heavy atom. The molecule has 4 heteroatoms. The predicted molar refractivity (Wildman–Crippen MR) is 58.7 cm³/mol. The second-order valence-corrected chi connectivity index (χ2v) is 4.20. The fourth-order valence-electron chi connectivity index (χ4n) is 2.37. The van der Waals surface area contributed by atoms with Crippen molar-refractivity contribution in [1.82, 2.24) is 4.90 Å². The molecular formula is C12H15NO3. The molecular weight excluding hydrogens is 206 g/mol. The minimum atomic E-state index is 0.265. The van der Waals surface area contributed by atoms with Crippen LogP contribution in [0.1, 0.15) is 11.6 Å². The van der Waals surface area contributed by atoms with Gasteiger partial charge in [0.1, 0.15) is 18.1 Å². The van der Waals surface area contributed by atoms with Gasteiger partial charge in [-0.05, 0) is 12.1 Å². The van der Waals surface area contributed by atoms with Gasteiger partial charge in [0.2, 0.25) is 0 Å². The zero-order valence-electron chi connectivity index (χ0n) is 9.06. The summed E-state index contributed by atoms with van der Waals surface area (Å²) in [5.41, 5.74) is 1.18. The first-order valence-electron chi connectivity index (χ1n) is 5.62. The fourth-order valence-corrected chi connectivity index (χ4v) is 2.37. The van der Waals surface area contributed by atoms with Gasteiger partial charge in [0, 0.05) is 24.7 Å². The van der Waals surface area contributed by atoms with Crippen LogP contribution in [0.5, 0.6) is 11.5 Å². The zero-order chi connectivity index (χ0) is 11.0. The highest BCUT2D eigenvalue weighted by atomic mass is 16.5. The lowest BCUT2D eigenvalue weighted by atomic mass is 10.1. The molecule has 16 heavy (non-hydrogen) atoms. The molecule has 4 nitrogen and oxygen atoms in total. The van der Waals surface area contributed by atoms with Crippen molar-refractivity contribution in [3.05, 3.63) is 23.8 Å². The number of morpholine rings is 1. The first-order chi connectivity index (χ1) is 7.84. The van der Waals surface area contributed by atoms with Crippen molar-refractivity contribution in [2.45, 2.75) is 6.04 Å². The van der Waals surface area contributed by atoms with Gasteiger partial charge in [-0.1, -0.05) is 0 Å².